The molecule has 2 aromatic carbocycles. The molecule has 3 nitrogen and oxygen atoms in total. The molecule has 24 heavy (non-hydrogen) atoms. The van der Waals surface area contributed by atoms with Crippen LogP contribution in [0.25, 0.3) is 11.1 Å². The number of carboxylic acid groups (broad SMARTS) is 1. The number of hydrogen-bond donors (Lipinski definition) is 1. The van der Waals surface area contributed by atoms with E-state index in [4.69, 9.17) is 12.2 Å². The molecule has 0 saturated heterocycles. The summed E-state index contributed by atoms with van der Waals surface area (Å²) in [7, 11) is 3.76. The van der Waals surface area contributed by atoms with Crippen LogP contribution in [0, 0.1) is 0 Å². The molecule has 0 aliphatic rings. The van der Waals surface area contributed by atoms with Crippen molar-refractivity contribution in [1.29, 1.82) is 0 Å². The molecular formula is C19H21NO2S2. The van der Waals surface area contributed by atoms with Crippen molar-refractivity contribution in [3.8, 4) is 11.1 Å². The number of hydrogen-bond acceptors (Lipinski definition) is 3. The highest BCUT2D eigenvalue weighted by Gasteiger charge is 2.19. The first-order chi connectivity index (χ1) is 11.5. The van der Waals surface area contributed by atoms with E-state index in [9.17, 15) is 9.90 Å². The number of rotatable bonds is 6. The minimum atomic E-state index is -0.800. The highest BCUT2D eigenvalue weighted by atomic mass is 32.2. The Kier molecular flexibility index (Phi) is 6.82. The van der Waals surface area contributed by atoms with Gasteiger partial charge >= 0.3 is 5.97 Å². The standard InChI is InChI=1S/C19H21NO2S2/c1-20(2)19(23)24-16(13-18(21)22)12-15-10-6-7-11-17(15)14-8-4-3-5-9-14/h3-11,16H,12-13H2,1-2H3,(H,21,22). The van der Waals surface area contributed by atoms with Crippen LogP contribution in [0.15, 0.2) is 54.6 Å². The van der Waals surface area contributed by atoms with Crippen LogP contribution >= 0.6 is 24.0 Å². The molecule has 0 fully saturated rings. The predicted molar refractivity (Wildman–Crippen MR) is 105 cm³/mol. The molecule has 0 aliphatic carbocycles. The summed E-state index contributed by atoms with van der Waals surface area (Å²) in [4.78, 5) is 13.1. The molecule has 2 aromatic rings. The van der Waals surface area contributed by atoms with E-state index in [1.807, 2.05) is 49.3 Å². The summed E-state index contributed by atoms with van der Waals surface area (Å²) in [6, 6.07) is 18.3. The number of benzene rings is 2. The second kappa shape index (κ2) is 8.85. The summed E-state index contributed by atoms with van der Waals surface area (Å²) in [6.45, 7) is 0. The maximum absolute atomic E-state index is 11.2. The summed E-state index contributed by atoms with van der Waals surface area (Å²) < 4.78 is 0.707. The summed E-state index contributed by atoms with van der Waals surface area (Å²) in [5, 5.41) is 9.13. The molecule has 0 heterocycles. The molecule has 126 valence electrons. The van der Waals surface area contributed by atoms with Crippen LogP contribution in [-0.4, -0.2) is 39.6 Å². The van der Waals surface area contributed by atoms with Crippen molar-refractivity contribution in [2.45, 2.75) is 18.1 Å². The van der Waals surface area contributed by atoms with Crippen LogP contribution in [-0.2, 0) is 11.2 Å². The van der Waals surface area contributed by atoms with Gasteiger partial charge in [0.15, 0.2) is 0 Å². The van der Waals surface area contributed by atoms with Gasteiger partial charge in [-0.3, -0.25) is 4.79 Å². The van der Waals surface area contributed by atoms with Crippen molar-refractivity contribution >= 4 is 34.3 Å². The van der Waals surface area contributed by atoms with Gasteiger partial charge in [0.05, 0.1) is 6.42 Å². The van der Waals surface area contributed by atoms with E-state index in [2.05, 4.69) is 24.3 Å². The Labute approximate surface area is 152 Å². The fourth-order valence-electron chi connectivity index (χ4n) is 2.44. The van der Waals surface area contributed by atoms with Crippen LogP contribution in [0.3, 0.4) is 0 Å². The smallest absolute Gasteiger partial charge is 0.304 e. The number of carbonyl (C=O) groups is 1. The zero-order chi connectivity index (χ0) is 17.5. The van der Waals surface area contributed by atoms with Gasteiger partial charge in [-0.1, -0.05) is 78.6 Å². The fourth-order valence-corrected chi connectivity index (χ4v) is 3.83. The Morgan fingerprint density at radius 3 is 2.38 bits per heavy atom. The number of carboxylic acids is 1. The Morgan fingerprint density at radius 2 is 1.75 bits per heavy atom. The molecule has 0 bridgehead atoms. The van der Waals surface area contributed by atoms with Gasteiger partial charge in [0.1, 0.15) is 4.32 Å². The van der Waals surface area contributed by atoms with Gasteiger partial charge in [-0.15, -0.1) is 0 Å². The molecule has 0 amide bonds. The van der Waals surface area contributed by atoms with Gasteiger partial charge in [0, 0.05) is 19.3 Å². The van der Waals surface area contributed by atoms with Crippen molar-refractivity contribution in [3.05, 3.63) is 60.2 Å². The van der Waals surface area contributed by atoms with Gasteiger partial charge in [-0.25, -0.2) is 0 Å². The Morgan fingerprint density at radius 1 is 1.12 bits per heavy atom. The third-order valence-corrected chi connectivity index (χ3v) is 5.47. The van der Waals surface area contributed by atoms with E-state index in [1.54, 1.807) is 0 Å². The SMILES string of the molecule is CN(C)C(=S)SC(CC(=O)O)Cc1ccccc1-c1ccccc1. The first-order valence-electron chi connectivity index (χ1n) is 7.70. The van der Waals surface area contributed by atoms with Gasteiger partial charge in [0.2, 0.25) is 0 Å². The lowest BCUT2D eigenvalue weighted by molar-refractivity contribution is -0.136. The summed E-state index contributed by atoms with van der Waals surface area (Å²) in [6.07, 6.45) is 0.748. The average molecular weight is 360 g/mol. The van der Waals surface area contributed by atoms with Gasteiger partial charge in [0.25, 0.3) is 0 Å². The average Bonchev–Trinajstić information content (AvgIpc) is 2.55. The number of thioether (sulfide) groups is 1. The van der Waals surface area contributed by atoms with Crippen LogP contribution in [0.1, 0.15) is 12.0 Å². The molecule has 0 spiro atoms. The van der Waals surface area contributed by atoms with Crippen molar-refractivity contribution in [2.75, 3.05) is 14.1 Å². The molecule has 0 aliphatic heterocycles. The molecule has 1 unspecified atom stereocenters. The van der Waals surface area contributed by atoms with E-state index in [-0.39, 0.29) is 11.7 Å². The Balaban J connectivity index is 2.26. The van der Waals surface area contributed by atoms with Crippen LogP contribution < -0.4 is 0 Å². The maximum Gasteiger partial charge on any atom is 0.304 e. The Bertz CT molecular complexity index is 702. The van der Waals surface area contributed by atoms with Crippen molar-refractivity contribution in [1.82, 2.24) is 4.90 Å². The van der Waals surface area contributed by atoms with Crippen molar-refractivity contribution < 1.29 is 9.90 Å². The zero-order valence-electron chi connectivity index (χ0n) is 13.8. The molecule has 2 rings (SSSR count). The molecule has 1 N–H and O–H groups in total. The second-order valence-electron chi connectivity index (χ2n) is 5.73. The summed E-state index contributed by atoms with van der Waals surface area (Å²) in [5.41, 5.74) is 3.43. The van der Waals surface area contributed by atoms with Gasteiger partial charge in [-0.05, 0) is 23.1 Å². The summed E-state index contributed by atoms with van der Waals surface area (Å²) in [5.74, 6) is -0.800. The lowest BCUT2D eigenvalue weighted by Gasteiger charge is -2.20. The number of aliphatic carboxylic acids is 1. The normalized spacial score (nSPS) is 11.8. The number of nitrogens with zero attached hydrogens (tertiary/aromatic N) is 1. The minimum absolute atomic E-state index is 0.0851. The molecule has 5 heteroatoms. The van der Waals surface area contributed by atoms with Crippen molar-refractivity contribution in [3.63, 3.8) is 0 Å². The largest absolute Gasteiger partial charge is 0.481 e. The summed E-state index contributed by atoms with van der Waals surface area (Å²) >= 11 is 6.80. The number of thiocarbonyl (C=S) groups is 1. The van der Waals surface area contributed by atoms with E-state index in [0.29, 0.717) is 10.7 Å². The first-order valence-corrected chi connectivity index (χ1v) is 8.99. The van der Waals surface area contributed by atoms with Gasteiger partial charge in [-0.2, -0.15) is 0 Å². The predicted octanol–water partition coefficient (Wildman–Crippen LogP) is 4.32. The van der Waals surface area contributed by atoms with E-state index in [1.165, 1.54) is 11.8 Å². The maximum atomic E-state index is 11.2. The second-order valence-corrected chi connectivity index (χ2v) is 7.66. The third kappa shape index (κ3) is 5.35. The molecule has 0 saturated carbocycles. The van der Waals surface area contributed by atoms with Crippen molar-refractivity contribution in [2.24, 2.45) is 0 Å². The van der Waals surface area contributed by atoms with E-state index >= 15 is 0 Å². The molecular weight excluding hydrogens is 338 g/mol. The first kappa shape index (κ1) is 18.5. The van der Waals surface area contributed by atoms with Crippen LogP contribution in [0.4, 0.5) is 0 Å². The quantitative estimate of drug-likeness (QED) is 0.778. The molecule has 1 atom stereocenters. The van der Waals surface area contributed by atoms with E-state index < -0.39 is 5.97 Å². The zero-order valence-corrected chi connectivity index (χ0v) is 15.4. The van der Waals surface area contributed by atoms with E-state index in [0.717, 1.165) is 16.7 Å². The lowest BCUT2D eigenvalue weighted by Crippen LogP contribution is -2.22. The van der Waals surface area contributed by atoms with Crippen LogP contribution in [0.2, 0.25) is 0 Å². The Hall–Kier alpha value is -1.85. The van der Waals surface area contributed by atoms with Gasteiger partial charge < -0.3 is 10.0 Å². The lowest BCUT2D eigenvalue weighted by atomic mass is 9.96. The van der Waals surface area contributed by atoms with Crippen LogP contribution in [0.5, 0.6) is 0 Å². The monoisotopic (exact) mass is 359 g/mol. The highest BCUT2D eigenvalue weighted by Crippen LogP contribution is 2.29. The highest BCUT2D eigenvalue weighted by molar-refractivity contribution is 8.23. The topological polar surface area (TPSA) is 40.5 Å². The fraction of sp³-hybridized carbons (Fsp3) is 0.263. The third-order valence-electron chi connectivity index (χ3n) is 3.58. The molecule has 0 radical (unpaired) electrons. The minimum Gasteiger partial charge on any atom is -0.481 e. The molecule has 0 aromatic heterocycles.